The first kappa shape index (κ1) is 15.6. The molecule has 2 nitrogen and oxygen atoms in total. The van der Waals surface area contributed by atoms with E-state index in [9.17, 15) is 0 Å². The van der Waals surface area contributed by atoms with Crippen molar-refractivity contribution in [1.29, 1.82) is 0 Å². The lowest BCUT2D eigenvalue weighted by Gasteiger charge is -2.19. The van der Waals surface area contributed by atoms with Crippen molar-refractivity contribution >= 4 is 0 Å². The first-order valence-electron chi connectivity index (χ1n) is 7.57. The van der Waals surface area contributed by atoms with Crippen LogP contribution in [0.5, 0.6) is 11.5 Å². The van der Waals surface area contributed by atoms with Crippen LogP contribution < -0.4 is 10.1 Å². The maximum atomic E-state index is 6.27. The fraction of sp³-hybridized carbons (Fsp3) is 0.368. The third-order valence-electron chi connectivity index (χ3n) is 3.83. The Morgan fingerprint density at radius 2 is 1.62 bits per heavy atom. The van der Waals surface area contributed by atoms with Crippen molar-refractivity contribution in [1.82, 2.24) is 5.32 Å². The number of nitrogens with one attached hydrogen (secondary N) is 1. The Hall–Kier alpha value is -1.80. The second kappa shape index (κ2) is 6.77. The summed E-state index contributed by atoms with van der Waals surface area (Å²) in [7, 11) is 1.97. The van der Waals surface area contributed by atoms with E-state index in [4.69, 9.17) is 4.74 Å². The van der Waals surface area contributed by atoms with Gasteiger partial charge in [-0.15, -0.1) is 0 Å². The summed E-state index contributed by atoms with van der Waals surface area (Å²) in [6.45, 7) is 8.63. The van der Waals surface area contributed by atoms with E-state index in [1.54, 1.807) is 0 Å². The van der Waals surface area contributed by atoms with Gasteiger partial charge in [-0.25, -0.2) is 0 Å². The second-order valence-electron chi connectivity index (χ2n) is 5.85. The van der Waals surface area contributed by atoms with E-state index in [0.29, 0.717) is 5.92 Å². The van der Waals surface area contributed by atoms with Crippen molar-refractivity contribution in [2.75, 3.05) is 7.05 Å². The molecule has 0 fully saturated rings. The molecule has 2 heteroatoms. The summed E-state index contributed by atoms with van der Waals surface area (Å²) in [5, 5.41) is 3.28. The van der Waals surface area contributed by atoms with Gasteiger partial charge in [0.25, 0.3) is 0 Å². The maximum Gasteiger partial charge on any atom is 0.132 e. The van der Waals surface area contributed by atoms with Crippen LogP contribution >= 0.6 is 0 Å². The molecule has 2 aromatic carbocycles. The molecule has 0 spiro atoms. The Balaban J connectivity index is 2.41. The lowest BCUT2D eigenvalue weighted by atomic mass is 10.0. The summed E-state index contributed by atoms with van der Waals surface area (Å²) < 4.78 is 6.27. The van der Waals surface area contributed by atoms with Gasteiger partial charge in [-0.2, -0.15) is 0 Å². The van der Waals surface area contributed by atoms with Crippen LogP contribution in [0, 0.1) is 6.92 Å². The molecule has 1 N–H and O–H groups in total. The number of hydrogen-bond acceptors (Lipinski definition) is 2. The summed E-state index contributed by atoms with van der Waals surface area (Å²) in [6.07, 6.45) is 0. The smallest absolute Gasteiger partial charge is 0.132 e. The van der Waals surface area contributed by atoms with Crippen LogP contribution in [-0.2, 0) is 0 Å². The standard InChI is InChI=1S/C19H25NO/c1-13(2)16-11-10-14(3)12-19(16)21-18-9-7-6-8-17(18)15(4)20-5/h6-13,15,20H,1-5H3. The number of rotatable bonds is 5. The Bertz CT molecular complexity index is 604. The highest BCUT2D eigenvalue weighted by atomic mass is 16.5. The third kappa shape index (κ3) is 3.64. The molecule has 0 bridgehead atoms. The summed E-state index contributed by atoms with van der Waals surface area (Å²) in [4.78, 5) is 0. The summed E-state index contributed by atoms with van der Waals surface area (Å²) >= 11 is 0. The van der Waals surface area contributed by atoms with Crippen LogP contribution in [0.15, 0.2) is 42.5 Å². The molecule has 0 radical (unpaired) electrons. The van der Waals surface area contributed by atoms with Crippen LogP contribution in [0.3, 0.4) is 0 Å². The predicted octanol–water partition coefficient (Wildman–Crippen LogP) is 5.19. The highest BCUT2D eigenvalue weighted by molar-refractivity contribution is 5.45. The molecule has 0 aromatic heterocycles. The van der Waals surface area contributed by atoms with Gasteiger partial charge < -0.3 is 10.1 Å². The fourth-order valence-electron chi connectivity index (χ4n) is 2.41. The van der Waals surface area contributed by atoms with Crippen molar-refractivity contribution in [2.24, 2.45) is 0 Å². The lowest BCUT2D eigenvalue weighted by Crippen LogP contribution is -2.13. The van der Waals surface area contributed by atoms with Gasteiger partial charge in [0, 0.05) is 11.6 Å². The Morgan fingerprint density at radius 1 is 0.905 bits per heavy atom. The Kier molecular flexibility index (Phi) is 5.03. The van der Waals surface area contributed by atoms with Gasteiger partial charge in [-0.05, 0) is 50.1 Å². The number of para-hydroxylation sites is 1. The molecule has 0 saturated carbocycles. The van der Waals surface area contributed by atoms with E-state index < -0.39 is 0 Å². The van der Waals surface area contributed by atoms with Crippen LogP contribution in [0.2, 0.25) is 0 Å². The highest BCUT2D eigenvalue weighted by Crippen LogP contribution is 2.34. The zero-order chi connectivity index (χ0) is 15.4. The Morgan fingerprint density at radius 3 is 2.29 bits per heavy atom. The molecule has 0 saturated heterocycles. The molecule has 112 valence electrons. The second-order valence-corrected chi connectivity index (χ2v) is 5.85. The average molecular weight is 283 g/mol. The van der Waals surface area contributed by atoms with Crippen LogP contribution in [0.1, 0.15) is 49.4 Å². The minimum Gasteiger partial charge on any atom is -0.457 e. The maximum absolute atomic E-state index is 6.27. The van der Waals surface area contributed by atoms with Crippen molar-refractivity contribution in [2.45, 2.75) is 39.7 Å². The number of hydrogen-bond donors (Lipinski definition) is 1. The van der Waals surface area contributed by atoms with Gasteiger partial charge in [0.05, 0.1) is 0 Å². The van der Waals surface area contributed by atoms with Crippen molar-refractivity contribution in [3.8, 4) is 11.5 Å². The first-order chi connectivity index (χ1) is 10.0. The van der Waals surface area contributed by atoms with Gasteiger partial charge in [-0.1, -0.05) is 44.2 Å². The fourth-order valence-corrected chi connectivity index (χ4v) is 2.41. The molecule has 1 unspecified atom stereocenters. The number of benzene rings is 2. The molecule has 21 heavy (non-hydrogen) atoms. The van der Waals surface area contributed by atoms with E-state index in [1.165, 1.54) is 16.7 Å². The SMILES string of the molecule is CNC(C)c1ccccc1Oc1cc(C)ccc1C(C)C. The van der Waals surface area contributed by atoms with E-state index in [0.717, 1.165) is 11.5 Å². The minimum atomic E-state index is 0.258. The topological polar surface area (TPSA) is 21.3 Å². The zero-order valence-corrected chi connectivity index (χ0v) is 13.6. The molecule has 2 aromatic rings. The minimum absolute atomic E-state index is 0.258. The molecule has 2 rings (SSSR count). The largest absolute Gasteiger partial charge is 0.457 e. The van der Waals surface area contributed by atoms with Gasteiger partial charge in [0.15, 0.2) is 0 Å². The van der Waals surface area contributed by atoms with Crippen molar-refractivity contribution in [3.63, 3.8) is 0 Å². The summed E-state index contributed by atoms with van der Waals surface area (Å²) in [5.74, 6) is 2.32. The first-order valence-corrected chi connectivity index (χ1v) is 7.57. The Labute approximate surface area is 128 Å². The lowest BCUT2D eigenvalue weighted by molar-refractivity contribution is 0.458. The molecule has 0 aliphatic heterocycles. The predicted molar refractivity (Wildman–Crippen MR) is 89.3 cm³/mol. The summed E-state index contributed by atoms with van der Waals surface area (Å²) in [5.41, 5.74) is 3.64. The van der Waals surface area contributed by atoms with Gasteiger partial charge in [-0.3, -0.25) is 0 Å². The van der Waals surface area contributed by atoms with Crippen LogP contribution in [0.25, 0.3) is 0 Å². The van der Waals surface area contributed by atoms with Crippen LogP contribution in [0.4, 0.5) is 0 Å². The molecule has 0 amide bonds. The number of aryl methyl sites for hydroxylation is 1. The summed E-state index contributed by atoms with van der Waals surface area (Å²) in [6, 6.07) is 14.9. The molecule has 0 aliphatic rings. The van der Waals surface area contributed by atoms with E-state index in [-0.39, 0.29) is 6.04 Å². The van der Waals surface area contributed by atoms with Crippen molar-refractivity contribution < 1.29 is 4.74 Å². The molecule has 1 atom stereocenters. The number of ether oxygens (including phenoxy) is 1. The normalized spacial score (nSPS) is 12.5. The average Bonchev–Trinajstić information content (AvgIpc) is 2.47. The molecule has 0 aliphatic carbocycles. The van der Waals surface area contributed by atoms with Crippen molar-refractivity contribution in [3.05, 3.63) is 59.2 Å². The zero-order valence-electron chi connectivity index (χ0n) is 13.6. The highest BCUT2D eigenvalue weighted by Gasteiger charge is 2.13. The molecular weight excluding hydrogens is 258 g/mol. The van der Waals surface area contributed by atoms with Crippen LogP contribution in [-0.4, -0.2) is 7.05 Å². The molecular formula is C19H25NO. The monoisotopic (exact) mass is 283 g/mol. The van der Waals surface area contributed by atoms with E-state index in [2.05, 4.69) is 63.3 Å². The third-order valence-corrected chi connectivity index (χ3v) is 3.83. The van der Waals surface area contributed by atoms with Gasteiger partial charge in [0.1, 0.15) is 11.5 Å². The van der Waals surface area contributed by atoms with Gasteiger partial charge >= 0.3 is 0 Å². The van der Waals surface area contributed by atoms with E-state index >= 15 is 0 Å². The van der Waals surface area contributed by atoms with E-state index in [1.807, 2.05) is 19.2 Å². The quantitative estimate of drug-likeness (QED) is 0.815. The molecule has 0 heterocycles. The van der Waals surface area contributed by atoms with Gasteiger partial charge in [0.2, 0.25) is 0 Å².